The smallest absolute Gasteiger partial charge is 0.494 e. The van der Waals surface area contributed by atoms with E-state index in [-0.39, 0.29) is 18.3 Å². The lowest BCUT2D eigenvalue weighted by molar-refractivity contribution is 0.00578. The monoisotopic (exact) mass is 316 g/mol. The molecule has 0 aromatic heterocycles. The number of benzene rings is 1. The molecule has 0 amide bonds. The van der Waals surface area contributed by atoms with Crippen molar-refractivity contribution in [2.75, 3.05) is 7.11 Å². The first-order chi connectivity index (χ1) is 10.8. The molecule has 126 valence electrons. The van der Waals surface area contributed by atoms with Crippen LogP contribution in [0.25, 0.3) is 0 Å². The van der Waals surface area contributed by atoms with E-state index in [2.05, 4.69) is 45.9 Å². The largest absolute Gasteiger partial charge is 0.496 e. The Bertz CT molecular complexity index is 546. The molecule has 2 aliphatic rings. The zero-order chi connectivity index (χ0) is 16.7. The van der Waals surface area contributed by atoms with Gasteiger partial charge in [0.25, 0.3) is 0 Å². The molecular weight excluding hydrogens is 287 g/mol. The Morgan fingerprint density at radius 2 is 1.61 bits per heavy atom. The lowest BCUT2D eigenvalue weighted by Crippen LogP contribution is -2.41. The van der Waals surface area contributed by atoms with Crippen molar-refractivity contribution in [1.82, 2.24) is 0 Å². The lowest BCUT2D eigenvalue weighted by Gasteiger charge is -2.32. The standard InChI is InChI=1S/C19H29BO3/c1-18(2)19(3,4)23-20(22-18)15-11-12-16(17(13-15)21-5)14-9-7-6-8-10-14/h11-14H,6-10H2,1-5H3. The Labute approximate surface area is 140 Å². The van der Waals surface area contributed by atoms with E-state index < -0.39 is 0 Å². The molecule has 4 heteroatoms. The quantitative estimate of drug-likeness (QED) is 0.788. The molecular formula is C19H29BO3. The molecule has 1 aliphatic heterocycles. The van der Waals surface area contributed by atoms with Gasteiger partial charge in [-0.05, 0) is 63.5 Å². The van der Waals surface area contributed by atoms with E-state index in [0.29, 0.717) is 5.92 Å². The van der Waals surface area contributed by atoms with Gasteiger partial charge in [0.2, 0.25) is 0 Å². The molecule has 1 heterocycles. The molecule has 1 aromatic rings. The summed E-state index contributed by atoms with van der Waals surface area (Å²) in [5.41, 5.74) is 1.76. The average molecular weight is 316 g/mol. The van der Waals surface area contributed by atoms with Crippen LogP contribution in [0.2, 0.25) is 0 Å². The van der Waals surface area contributed by atoms with Crippen molar-refractivity contribution in [3.8, 4) is 5.75 Å². The molecule has 23 heavy (non-hydrogen) atoms. The zero-order valence-electron chi connectivity index (χ0n) is 15.1. The van der Waals surface area contributed by atoms with Gasteiger partial charge in [-0.3, -0.25) is 0 Å². The number of methoxy groups -OCH3 is 1. The van der Waals surface area contributed by atoms with Crippen LogP contribution in [0, 0.1) is 0 Å². The van der Waals surface area contributed by atoms with Gasteiger partial charge in [0.1, 0.15) is 5.75 Å². The van der Waals surface area contributed by atoms with E-state index in [1.807, 2.05) is 0 Å². The van der Waals surface area contributed by atoms with E-state index in [1.165, 1.54) is 37.7 Å². The molecule has 1 saturated carbocycles. The molecule has 3 nitrogen and oxygen atoms in total. The van der Waals surface area contributed by atoms with Gasteiger partial charge in [0, 0.05) is 0 Å². The molecule has 0 radical (unpaired) electrons. The average Bonchev–Trinajstić information content (AvgIpc) is 2.75. The summed E-state index contributed by atoms with van der Waals surface area (Å²) in [7, 11) is 1.43. The molecule has 1 saturated heterocycles. The molecule has 0 spiro atoms. The van der Waals surface area contributed by atoms with E-state index in [4.69, 9.17) is 14.0 Å². The van der Waals surface area contributed by atoms with Crippen molar-refractivity contribution in [1.29, 1.82) is 0 Å². The molecule has 1 aliphatic carbocycles. The van der Waals surface area contributed by atoms with Gasteiger partial charge in [-0.25, -0.2) is 0 Å². The van der Waals surface area contributed by atoms with Gasteiger partial charge in [-0.1, -0.05) is 31.4 Å². The summed E-state index contributed by atoms with van der Waals surface area (Å²) in [4.78, 5) is 0. The van der Waals surface area contributed by atoms with Gasteiger partial charge in [-0.15, -0.1) is 0 Å². The highest BCUT2D eigenvalue weighted by atomic mass is 16.7. The maximum Gasteiger partial charge on any atom is 0.494 e. The van der Waals surface area contributed by atoms with E-state index in [1.54, 1.807) is 7.11 Å². The van der Waals surface area contributed by atoms with Crippen LogP contribution in [0.3, 0.4) is 0 Å². The second kappa shape index (κ2) is 6.14. The molecule has 0 N–H and O–H groups in total. The van der Waals surface area contributed by atoms with E-state index >= 15 is 0 Å². The van der Waals surface area contributed by atoms with Gasteiger partial charge >= 0.3 is 7.12 Å². The minimum Gasteiger partial charge on any atom is -0.496 e. The van der Waals surface area contributed by atoms with Crippen molar-refractivity contribution >= 4 is 12.6 Å². The Balaban J connectivity index is 1.85. The molecule has 1 aromatic carbocycles. The first-order valence-electron chi connectivity index (χ1n) is 8.87. The third-order valence-electron chi connectivity index (χ3n) is 5.83. The van der Waals surface area contributed by atoms with Gasteiger partial charge in [-0.2, -0.15) is 0 Å². The summed E-state index contributed by atoms with van der Waals surface area (Å²) in [6, 6.07) is 6.47. The minimum absolute atomic E-state index is 0.313. The van der Waals surface area contributed by atoms with Gasteiger partial charge in [0.15, 0.2) is 0 Å². The second-order valence-electron chi connectivity index (χ2n) is 7.92. The molecule has 0 atom stereocenters. The first-order valence-corrected chi connectivity index (χ1v) is 8.87. The Morgan fingerprint density at radius 3 is 2.17 bits per heavy atom. The van der Waals surface area contributed by atoms with Crippen LogP contribution in [0.4, 0.5) is 0 Å². The molecule has 0 unspecified atom stereocenters. The van der Waals surface area contributed by atoms with Crippen LogP contribution < -0.4 is 10.2 Å². The predicted octanol–water partition coefficient (Wildman–Crippen LogP) is 4.04. The summed E-state index contributed by atoms with van der Waals surface area (Å²) in [5.74, 6) is 1.61. The van der Waals surface area contributed by atoms with Gasteiger partial charge < -0.3 is 14.0 Å². The summed E-state index contributed by atoms with van der Waals surface area (Å²) in [5, 5.41) is 0. The fourth-order valence-electron chi connectivity index (χ4n) is 3.60. The maximum absolute atomic E-state index is 6.16. The zero-order valence-corrected chi connectivity index (χ0v) is 15.1. The van der Waals surface area contributed by atoms with Crippen LogP contribution in [0.15, 0.2) is 18.2 Å². The lowest BCUT2D eigenvalue weighted by atomic mass is 9.76. The molecule has 2 fully saturated rings. The second-order valence-corrected chi connectivity index (χ2v) is 7.92. The SMILES string of the molecule is COc1cc(B2OC(C)(C)C(C)(C)O2)ccc1C1CCCCC1. The normalized spacial score (nSPS) is 24.0. The van der Waals surface area contributed by atoms with Crippen LogP contribution in [-0.2, 0) is 9.31 Å². The van der Waals surface area contributed by atoms with Crippen molar-refractivity contribution in [2.45, 2.75) is 76.9 Å². The minimum atomic E-state index is -0.325. The Morgan fingerprint density at radius 1 is 1.00 bits per heavy atom. The highest BCUT2D eigenvalue weighted by molar-refractivity contribution is 6.62. The molecule has 3 rings (SSSR count). The number of hydrogen-bond acceptors (Lipinski definition) is 3. The fraction of sp³-hybridized carbons (Fsp3) is 0.684. The van der Waals surface area contributed by atoms with Crippen molar-refractivity contribution in [3.05, 3.63) is 23.8 Å². The highest BCUT2D eigenvalue weighted by Gasteiger charge is 2.51. The summed E-state index contributed by atoms with van der Waals surface area (Å²) in [6.45, 7) is 8.34. The number of ether oxygens (including phenoxy) is 1. The van der Waals surface area contributed by atoms with E-state index in [9.17, 15) is 0 Å². The van der Waals surface area contributed by atoms with Crippen molar-refractivity contribution in [2.24, 2.45) is 0 Å². The van der Waals surface area contributed by atoms with Crippen LogP contribution in [-0.4, -0.2) is 25.4 Å². The summed E-state index contributed by atoms with van der Waals surface area (Å²) in [6.07, 6.45) is 6.56. The fourth-order valence-corrected chi connectivity index (χ4v) is 3.60. The Kier molecular flexibility index (Phi) is 4.50. The Hall–Kier alpha value is -0.995. The topological polar surface area (TPSA) is 27.7 Å². The third kappa shape index (κ3) is 3.16. The van der Waals surface area contributed by atoms with Crippen molar-refractivity contribution in [3.63, 3.8) is 0 Å². The van der Waals surface area contributed by atoms with Crippen LogP contribution in [0.1, 0.15) is 71.3 Å². The maximum atomic E-state index is 6.16. The van der Waals surface area contributed by atoms with Gasteiger partial charge in [0.05, 0.1) is 18.3 Å². The van der Waals surface area contributed by atoms with Crippen LogP contribution in [0.5, 0.6) is 5.75 Å². The van der Waals surface area contributed by atoms with Crippen molar-refractivity contribution < 1.29 is 14.0 Å². The highest BCUT2D eigenvalue weighted by Crippen LogP contribution is 2.39. The summed E-state index contributed by atoms with van der Waals surface area (Å²) >= 11 is 0. The summed E-state index contributed by atoms with van der Waals surface area (Å²) < 4.78 is 18.0. The number of hydrogen-bond donors (Lipinski definition) is 0. The third-order valence-corrected chi connectivity index (χ3v) is 5.83. The first kappa shape index (κ1) is 16.8. The molecule has 0 bridgehead atoms. The predicted molar refractivity (Wildman–Crippen MR) is 94.5 cm³/mol. The van der Waals surface area contributed by atoms with Crippen LogP contribution >= 0.6 is 0 Å². The number of rotatable bonds is 3. The van der Waals surface area contributed by atoms with E-state index in [0.717, 1.165) is 11.2 Å².